The average molecular weight is 361 g/mol. The number of aromatic nitrogens is 3. The van der Waals surface area contributed by atoms with Crippen molar-refractivity contribution in [1.29, 1.82) is 0 Å². The van der Waals surface area contributed by atoms with Gasteiger partial charge in [0.25, 0.3) is 5.69 Å². The molecule has 0 atom stereocenters. The molecule has 3 N–H and O–H groups in total. The lowest BCUT2D eigenvalue weighted by atomic mass is 10.2. The predicted molar refractivity (Wildman–Crippen MR) is 88.5 cm³/mol. The third-order valence-electron chi connectivity index (χ3n) is 3.19. The lowest BCUT2D eigenvalue weighted by Crippen LogP contribution is -2.11. The third kappa shape index (κ3) is 3.45. The van der Waals surface area contributed by atoms with E-state index in [1.165, 1.54) is 28.9 Å². The van der Waals surface area contributed by atoms with Crippen molar-refractivity contribution in [3.63, 3.8) is 0 Å². The topological polar surface area (TPSA) is 150 Å². The molecule has 0 saturated heterocycles. The van der Waals surface area contributed by atoms with Crippen molar-refractivity contribution >= 4 is 17.4 Å². The van der Waals surface area contributed by atoms with E-state index in [4.69, 9.17) is 15.4 Å². The fourth-order valence-corrected chi connectivity index (χ4v) is 2.73. The van der Waals surface area contributed by atoms with Crippen molar-refractivity contribution in [2.24, 2.45) is 0 Å². The quantitative estimate of drug-likeness (QED) is 0.298. The SMILES string of the molecule is Nn1c(SCc2cc(=O)c(O)co2)nnc1-c1cccc([N+](=O)[O-])c1. The van der Waals surface area contributed by atoms with E-state index in [0.717, 1.165) is 18.0 Å². The van der Waals surface area contributed by atoms with Gasteiger partial charge < -0.3 is 15.4 Å². The Bertz CT molecular complexity index is 999. The molecule has 3 aromatic rings. The fourth-order valence-electron chi connectivity index (χ4n) is 1.99. The van der Waals surface area contributed by atoms with Crippen LogP contribution in [0.1, 0.15) is 5.76 Å². The molecule has 2 aromatic heterocycles. The molecule has 0 fully saturated rings. The Hall–Kier alpha value is -3.34. The number of hydrogen-bond donors (Lipinski definition) is 2. The number of nitrogen functional groups attached to an aromatic ring is 1. The molecule has 0 amide bonds. The minimum atomic E-state index is -0.548. The molecule has 10 nitrogen and oxygen atoms in total. The Morgan fingerprint density at radius 3 is 2.88 bits per heavy atom. The minimum Gasteiger partial charge on any atom is -0.502 e. The summed E-state index contributed by atoms with van der Waals surface area (Å²) in [4.78, 5) is 21.7. The van der Waals surface area contributed by atoms with Gasteiger partial charge in [0.1, 0.15) is 12.0 Å². The number of nitrogens with zero attached hydrogens (tertiary/aromatic N) is 4. The van der Waals surface area contributed by atoms with E-state index in [0.29, 0.717) is 16.5 Å². The second-order valence-electron chi connectivity index (χ2n) is 4.87. The van der Waals surface area contributed by atoms with Crippen molar-refractivity contribution < 1.29 is 14.4 Å². The summed E-state index contributed by atoms with van der Waals surface area (Å²) >= 11 is 1.16. The van der Waals surface area contributed by atoms with Crippen LogP contribution in [0.2, 0.25) is 0 Å². The molecule has 0 radical (unpaired) electrons. The number of aromatic hydroxyl groups is 1. The first-order chi connectivity index (χ1) is 12.0. The van der Waals surface area contributed by atoms with Crippen LogP contribution in [0, 0.1) is 10.1 Å². The van der Waals surface area contributed by atoms with Crippen LogP contribution in [0.4, 0.5) is 5.69 Å². The van der Waals surface area contributed by atoms with Crippen LogP contribution >= 0.6 is 11.8 Å². The van der Waals surface area contributed by atoms with Crippen molar-refractivity contribution in [3.05, 3.63) is 62.7 Å². The molecule has 1 aromatic carbocycles. The van der Waals surface area contributed by atoms with E-state index < -0.39 is 16.1 Å². The van der Waals surface area contributed by atoms with Crippen molar-refractivity contribution in [2.75, 3.05) is 5.84 Å². The Kier molecular flexibility index (Phi) is 4.39. The van der Waals surface area contributed by atoms with Crippen LogP contribution < -0.4 is 11.3 Å². The summed E-state index contributed by atoms with van der Waals surface area (Å²) in [6.45, 7) is 0. The molecule has 0 saturated carbocycles. The number of thioether (sulfide) groups is 1. The monoisotopic (exact) mass is 361 g/mol. The van der Waals surface area contributed by atoms with E-state index in [2.05, 4.69) is 10.2 Å². The van der Waals surface area contributed by atoms with Crippen LogP contribution in [0.3, 0.4) is 0 Å². The normalized spacial score (nSPS) is 10.7. The fraction of sp³-hybridized carbons (Fsp3) is 0.0714. The molecule has 0 bridgehead atoms. The summed E-state index contributed by atoms with van der Waals surface area (Å²) in [5.74, 6) is 6.30. The summed E-state index contributed by atoms with van der Waals surface area (Å²) in [7, 11) is 0. The lowest BCUT2D eigenvalue weighted by Gasteiger charge is -2.03. The molecule has 25 heavy (non-hydrogen) atoms. The number of nitrogens with two attached hydrogens (primary N) is 1. The van der Waals surface area contributed by atoms with E-state index in [-0.39, 0.29) is 17.3 Å². The van der Waals surface area contributed by atoms with E-state index in [1.807, 2.05) is 0 Å². The van der Waals surface area contributed by atoms with Crippen LogP contribution in [-0.4, -0.2) is 24.9 Å². The smallest absolute Gasteiger partial charge is 0.270 e. The van der Waals surface area contributed by atoms with E-state index >= 15 is 0 Å². The van der Waals surface area contributed by atoms with Crippen LogP contribution in [0.15, 0.2) is 51.0 Å². The molecule has 3 rings (SSSR count). The highest BCUT2D eigenvalue weighted by molar-refractivity contribution is 7.98. The summed E-state index contributed by atoms with van der Waals surface area (Å²) in [6, 6.07) is 7.04. The van der Waals surface area contributed by atoms with Gasteiger partial charge >= 0.3 is 0 Å². The Balaban J connectivity index is 1.81. The molecule has 11 heteroatoms. The number of rotatable bonds is 5. The highest BCUT2D eigenvalue weighted by Gasteiger charge is 2.15. The van der Waals surface area contributed by atoms with E-state index in [1.54, 1.807) is 6.07 Å². The first-order valence-electron chi connectivity index (χ1n) is 6.84. The van der Waals surface area contributed by atoms with Gasteiger partial charge in [-0.15, -0.1) is 10.2 Å². The van der Waals surface area contributed by atoms with Gasteiger partial charge in [0.2, 0.25) is 10.6 Å². The molecule has 0 spiro atoms. The zero-order chi connectivity index (χ0) is 18.0. The third-order valence-corrected chi connectivity index (χ3v) is 4.16. The van der Waals surface area contributed by atoms with Crippen molar-refractivity contribution in [2.45, 2.75) is 10.9 Å². The highest BCUT2D eigenvalue weighted by Crippen LogP contribution is 2.26. The number of nitro groups is 1. The van der Waals surface area contributed by atoms with Gasteiger partial charge in [0.05, 0.1) is 10.7 Å². The van der Waals surface area contributed by atoms with Crippen LogP contribution in [-0.2, 0) is 5.75 Å². The number of benzene rings is 1. The van der Waals surface area contributed by atoms with Gasteiger partial charge in [-0.25, -0.2) is 4.68 Å². The Morgan fingerprint density at radius 2 is 2.16 bits per heavy atom. The summed E-state index contributed by atoms with van der Waals surface area (Å²) in [5, 5.41) is 28.2. The summed E-state index contributed by atoms with van der Waals surface area (Å²) < 4.78 is 6.29. The average Bonchev–Trinajstić information content (AvgIpc) is 2.97. The molecule has 128 valence electrons. The van der Waals surface area contributed by atoms with Crippen LogP contribution in [0.25, 0.3) is 11.4 Å². The standard InChI is InChI=1S/C14H11N5O5S/c15-18-13(8-2-1-3-9(4-8)19(22)23)16-17-14(18)25-7-10-5-11(20)12(21)6-24-10/h1-6,21H,7,15H2. The molecular weight excluding hydrogens is 350 g/mol. The summed E-state index contributed by atoms with van der Waals surface area (Å²) in [6.07, 6.45) is 0.958. The number of hydrogen-bond acceptors (Lipinski definition) is 9. The maximum Gasteiger partial charge on any atom is 0.270 e. The predicted octanol–water partition coefficient (Wildman–Crippen LogP) is 1.52. The molecule has 0 aliphatic carbocycles. The molecule has 0 aliphatic heterocycles. The van der Waals surface area contributed by atoms with Gasteiger partial charge in [0.15, 0.2) is 11.6 Å². The Labute approximate surface area is 144 Å². The maximum absolute atomic E-state index is 11.4. The van der Waals surface area contributed by atoms with Crippen LogP contribution in [0.5, 0.6) is 5.75 Å². The van der Waals surface area contributed by atoms with Crippen molar-refractivity contribution in [3.8, 4) is 17.1 Å². The molecule has 0 aliphatic rings. The lowest BCUT2D eigenvalue weighted by molar-refractivity contribution is -0.384. The van der Waals surface area contributed by atoms with Crippen molar-refractivity contribution in [1.82, 2.24) is 14.9 Å². The first-order valence-corrected chi connectivity index (χ1v) is 7.83. The molecule has 2 heterocycles. The maximum atomic E-state index is 11.4. The number of non-ortho nitro benzene ring substituents is 1. The summed E-state index contributed by atoms with van der Waals surface area (Å²) in [5.41, 5.74) is -0.180. The minimum absolute atomic E-state index is 0.0828. The second kappa shape index (κ2) is 6.65. The van der Waals surface area contributed by atoms with Gasteiger partial charge in [-0.05, 0) is 0 Å². The first kappa shape index (κ1) is 16.5. The van der Waals surface area contributed by atoms with E-state index in [9.17, 15) is 14.9 Å². The largest absolute Gasteiger partial charge is 0.502 e. The molecular formula is C14H11N5O5S. The van der Waals surface area contributed by atoms with Gasteiger partial charge in [0, 0.05) is 23.8 Å². The zero-order valence-corrected chi connectivity index (χ0v) is 13.3. The number of nitro benzene ring substituents is 1. The molecule has 0 unspecified atom stereocenters. The second-order valence-corrected chi connectivity index (χ2v) is 5.81. The van der Waals surface area contributed by atoms with Gasteiger partial charge in [-0.2, -0.15) is 0 Å². The highest BCUT2D eigenvalue weighted by atomic mass is 32.2. The van der Waals surface area contributed by atoms with Gasteiger partial charge in [-0.3, -0.25) is 14.9 Å². The Morgan fingerprint density at radius 1 is 1.36 bits per heavy atom. The van der Waals surface area contributed by atoms with Gasteiger partial charge in [-0.1, -0.05) is 23.9 Å². The zero-order valence-electron chi connectivity index (χ0n) is 12.5.